The molecule has 0 amide bonds. The van der Waals surface area contributed by atoms with Crippen LogP contribution in [0.5, 0.6) is 5.75 Å². The van der Waals surface area contributed by atoms with Crippen molar-refractivity contribution in [1.29, 1.82) is 0 Å². The van der Waals surface area contributed by atoms with Crippen molar-refractivity contribution in [2.24, 2.45) is 5.92 Å². The lowest BCUT2D eigenvalue weighted by Gasteiger charge is -2.20. The van der Waals surface area contributed by atoms with Gasteiger partial charge in [-0.3, -0.25) is 9.59 Å². The number of rotatable bonds is 10. The van der Waals surface area contributed by atoms with Crippen LogP contribution >= 0.6 is 0 Å². The summed E-state index contributed by atoms with van der Waals surface area (Å²) in [6.45, 7) is 9.08. The molecular weight excluding hydrogens is 330 g/mol. The van der Waals surface area contributed by atoms with Crippen LogP contribution in [0, 0.1) is 5.92 Å². The summed E-state index contributed by atoms with van der Waals surface area (Å²) >= 11 is 0. The third kappa shape index (κ3) is 6.13. The number of ether oxygens (including phenoxy) is 2. The fourth-order valence-electron chi connectivity index (χ4n) is 3.35. The highest BCUT2D eigenvalue weighted by Gasteiger charge is 2.20. The minimum Gasteiger partial charge on any atom is -0.494 e. The third-order valence-electron chi connectivity index (χ3n) is 4.91. The van der Waals surface area contributed by atoms with Gasteiger partial charge in [-0.1, -0.05) is 6.92 Å². The van der Waals surface area contributed by atoms with Gasteiger partial charge in [0.25, 0.3) is 0 Å². The van der Waals surface area contributed by atoms with Crippen LogP contribution in [0.25, 0.3) is 0 Å². The van der Waals surface area contributed by atoms with Crippen molar-refractivity contribution < 1.29 is 19.1 Å². The molecule has 1 unspecified atom stereocenters. The van der Waals surface area contributed by atoms with Crippen LogP contribution < -0.4 is 4.74 Å². The maximum atomic E-state index is 12.4. The largest absolute Gasteiger partial charge is 0.494 e. The van der Waals surface area contributed by atoms with Crippen LogP contribution in [0.15, 0.2) is 24.3 Å². The maximum absolute atomic E-state index is 12.4. The summed E-state index contributed by atoms with van der Waals surface area (Å²) in [5, 5.41) is 0. The van der Waals surface area contributed by atoms with E-state index in [1.807, 2.05) is 12.1 Å². The summed E-state index contributed by atoms with van der Waals surface area (Å²) in [5.74, 6) is 0.00517. The highest BCUT2D eigenvalue weighted by Crippen LogP contribution is 2.19. The van der Waals surface area contributed by atoms with Gasteiger partial charge in [0.15, 0.2) is 5.78 Å². The van der Waals surface area contributed by atoms with Gasteiger partial charge in [-0.2, -0.15) is 0 Å². The summed E-state index contributed by atoms with van der Waals surface area (Å²) < 4.78 is 10.7. The maximum Gasteiger partial charge on any atom is 0.306 e. The molecule has 144 valence electrons. The molecule has 1 aliphatic heterocycles. The monoisotopic (exact) mass is 361 g/mol. The van der Waals surface area contributed by atoms with Crippen molar-refractivity contribution in [2.45, 2.75) is 52.5 Å². The summed E-state index contributed by atoms with van der Waals surface area (Å²) in [7, 11) is 0. The second-order valence-electron chi connectivity index (χ2n) is 7.03. The fourth-order valence-corrected chi connectivity index (χ4v) is 3.35. The van der Waals surface area contributed by atoms with Crippen molar-refractivity contribution in [3.8, 4) is 5.75 Å². The molecule has 2 rings (SSSR count). The number of Topliss-reactive ketones (excluding diaryl/α,β-unsaturated/α-hetero) is 1. The average molecular weight is 361 g/mol. The Morgan fingerprint density at radius 1 is 1.27 bits per heavy atom. The summed E-state index contributed by atoms with van der Waals surface area (Å²) in [6.07, 6.45) is 3.71. The molecule has 0 N–H and O–H groups in total. The third-order valence-corrected chi connectivity index (χ3v) is 4.91. The van der Waals surface area contributed by atoms with Gasteiger partial charge in [-0.15, -0.1) is 0 Å². The van der Waals surface area contributed by atoms with Crippen LogP contribution in [0.3, 0.4) is 0 Å². The van der Waals surface area contributed by atoms with E-state index in [9.17, 15) is 9.59 Å². The SMILES string of the molecule is CCOC(=O)CC(C)C(=O)c1ccc(OCCCN2CCC[C@H]2C)cc1. The molecule has 26 heavy (non-hydrogen) atoms. The molecule has 1 aromatic carbocycles. The molecule has 0 spiro atoms. The van der Waals surface area contributed by atoms with Gasteiger partial charge in [0.05, 0.1) is 19.6 Å². The highest BCUT2D eigenvalue weighted by atomic mass is 16.5. The Labute approximate surface area is 156 Å². The number of hydrogen-bond acceptors (Lipinski definition) is 5. The number of likely N-dealkylation sites (tertiary alicyclic amines) is 1. The standard InChI is InChI=1S/C21H31NO4/c1-4-25-20(23)15-16(2)21(24)18-8-10-19(11-9-18)26-14-6-13-22-12-5-7-17(22)3/h8-11,16-17H,4-7,12-15H2,1-3H3/t16?,17-/m1/s1. The minimum absolute atomic E-state index is 0.0485. The molecule has 0 radical (unpaired) electrons. The predicted molar refractivity (Wildman–Crippen MR) is 102 cm³/mol. The predicted octanol–water partition coefficient (Wildman–Crippen LogP) is 3.71. The van der Waals surface area contributed by atoms with Gasteiger partial charge in [0.1, 0.15) is 5.75 Å². The van der Waals surface area contributed by atoms with Gasteiger partial charge < -0.3 is 14.4 Å². The van der Waals surface area contributed by atoms with E-state index in [1.54, 1.807) is 26.0 Å². The zero-order valence-electron chi connectivity index (χ0n) is 16.2. The second kappa shape index (κ2) is 10.3. The molecule has 2 atom stereocenters. The van der Waals surface area contributed by atoms with Crippen molar-refractivity contribution in [2.75, 3.05) is 26.3 Å². The average Bonchev–Trinajstić information content (AvgIpc) is 3.03. The number of ketones is 1. The molecule has 1 fully saturated rings. The first-order valence-electron chi connectivity index (χ1n) is 9.68. The van der Waals surface area contributed by atoms with Crippen LogP contribution in [0.2, 0.25) is 0 Å². The Morgan fingerprint density at radius 3 is 2.62 bits per heavy atom. The van der Waals surface area contributed by atoms with E-state index >= 15 is 0 Å². The van der Waals surface area contributed by atoms with Crippen molar-refractivity contribution in [3.05, 3.63) is 29.8 Å². The quantitative estimate of drug-likeness (QED) is 0.361. The van der Waals surface area contributed by atoms with Crippen molar-refractivity contribution >= 4 is 11.8 Å². The number of carbonyl (C=O) groups is 2. The highest BCUT2D eigenvalue weighted by molar-refractivity contribution is 5.99. The number of esters is 1. The lowest BCUT2D eigenvalue weighted by Crippen LogP contribution is -2.28. The molecule has 0 bridgehead atoms. The first-order chi connectivity index (χ1) is 12.5. The Hall–Kier alpha value is -1.88. The van der Waals surface area contributed by atoms with Gasteiger partial charge >= 0.3 is 5.97 Å². The number of hydrogen-bond donors (Lipinski definition) is 0. The normalized spacial score (nSPS) is 18.5. The topological polar surface area (TPSA) is 55.8 Å². The fraction of sp³-hybridized carbons (Fsp3) is 0.619. The zero-order chi connectivity index (χ0) is 18.9. The van der Waals surface area contributed by atoms with E-state index in [1.165, 1.54) is 19.4 Å². The smallest absolute Gasteiger partial charge is 0.306 e. The zero-order valence-corrected chi connectivity index (χ0v) is 16.2. The lowest BCUT2D eigenvalue weighted by atomic mass is 9.96. The van der Waals surface area contributed by atoms with Crippen molar-refractivity contribution in [3.63, 3.8) is 0 Å². The summed E-state index contributed by atoms with van der Waals surface area (Å²) in [4.78, 5) is 26.4. The number of benzene rings is 1. The Bertz CT molecular complexity index is 584. The molecule has 1 saturated heterocycles. The van der Waals surface area contributed by atoms with E-state index in [0.29, 0.717) is 24.8 Å². The molecule has 0 aliphatic carbocycles. The molecular formula is C21H31NO4. The van der Waals surface area contributed by atoms with Gasteiger partial charge in [0, 0.05) is 24.1 Å². The molecule has 1 heterocycles. The Morgan fingerprint density at radius 2 is 2.00 bits per heavy atom. The van der Waals surface area contributed by atoms with E-state index in [0.717, 1.165) is 18.7 Å². The molecule has 0 saturated carbocycles. The molecule has 1 aromatic rings. The van der Waals surface area contributed by atoms with E-state index < -0.39 is 0 Å². The summed E-state index contributed by atoms with van der Waals surface area (Å²) in [6, 6.07) is 7.87. The van der Waals surface area contributed by atoms with E-state index in [2.05, 4.69) is 11.8 Å². The molecule has 5 nitrogen and oxygen atoms in total. The van der Waals surface area contributed by atoms with Gasteiger partial charge in [0.2, 0.25) is 0 Å². The van der Waals surface area contributed by atoms with Crippen LogP contribution in [-0.2, 0) is 9.53 Å². The molecule has 5 heteroatoms. The number of nitrogens with zero attached hydrogens (tertiary/aromatic N) is 1. The van der Waals surface area contributed by atoms with Crippen molar-refractivity contribution in [1.82, 2.24) is 4.90 Å². The number of carbonyl (C=O) groups excluding carboxylic acids is 2. The lowest BCUT2D eigenvalue weighted by molar-refractivity contribution is -0.143. The molecule has 1 aliphatic rings. The van der Waals surface area contributed by atoms with Crippen LogP contribution in [0.4, 0.5) is 0 Å². The Kier molecular flexibility index (Phi) is 8.10. The van der Waals surface area contributed by atoms with E-state index in [-0.39, 0.29) is 24.1 Å². The first-order valence-corrected chi connectivity index (χ1v) is 9.68. The van der Waals surface area contributed by atoms with Crippen LogP contribution in [0.1, 0.15) is 56.8 Å². The second-order valence-corrected chi connectivity index (χ2v) is 7.03. The first kappa shape index (κ1) is 20.4. The van der Waals surface area contributed by atoms with Gasteiger partial charge in [-0.05, 0) is 63.9 Å². The van der Waals surface area contributed by atoms with Crippen LogP contribution in [-0.4, -0.2) is 49.0 Å². The Balaban J connectivity index is 1.74. The van der Waals surface area contributed by atoms with Gasteiger partial charge in [-0.25, -0.2) is 0 Å². The molecule has 0 aromatic heterocycles. The minimum atomic E-state index is -0.386. The van der Waals surface area contributed by atoms with E-state index in [4.69, 9.17) is 9.47 Å². The summed E-state index contributed by atoms with van der Waals surface area (Å²) in [5.41, 5.74) is 0.597.